The van der Waals surface area contributed by atoms with Crippen molar-refractivity contribution in [2.45, 2.75) is 71.4 Å². The van der Waals surface area contributed by atoms with E-state index >= 15 is 0 Å². The minimum atomic E-state index is -0.533. The quantitative estimate of drug-likeness (QED) is 0.122. The van der Waals surface area contributed by atoms with Crippen molar-refractivity contribution in [2.75, 3.05) is 23.7 Å². The fourth-order valence-electron chi connectivity index (χ4n) is 7.68. The molecular formula is C37H49N11O3. The molecule has 4 heterocycles. The summed E-state index contributed by atoms with van der Waals surface area (Å²) in [6.45, 7) is 7.72. The van der Waals surface area contributed by atoms with Crippen molar-refractivity contribution in [1.82, 2.24) is 39.8 Å². The zero-order chi connectivity index (χ0) is 36.2. The Labute approximate surface area is 298 Å². The van der Waals surface area contributed by atoms with Crippen molar-refractivity contribution in [3.05, 3.63) is 66.1 Å². The van der Waals surface area contributed by atoms with E-state index in [1.165, 1.54) is 12.8 Å². The van der Waals surface area contributed by atoms with Crippen LogP contribution in [-0.2, 0) is 18.9 Å². The first-order valence-corrected chi connectivity index (χ1v) is 17.8. The van der Waals surface area contributed by atoms with Gasteiger partial charge in [-0.25, -0.2) is 20.4 Å². The number of aryl methyl sites for hydroxylation is 4. The summed E-state index contributed by atoms with van der Waals surface area (Å²) < 4.78 is 3.43. The van der Waals surface area contributed by atoms with E-state index in [1.54, 1.807) is 20.6 Å². The number of amides is 5. The second-order valence-corrected chi connectivity index (χ2v) is 14.0. The Morgan fingerprint density at radius 1 is 0.863 bits per heavy atom. The van der Waals surface area contributed by atoms with Crippen molar-refractivity contribution < 1.29 is 14.4 Å². The number of urea groups is 2. The fourth-order valence-corrected chi connectivity index (χ4v) is 7.68. The summed E-state index contributed by atoms with van der Waals surface area (Å²) in [6.07, 6.45) is 9.51. The number of hydrogen-bond donors (Lipinski definition) is 4. The van der Waals surface area contributed by atoms with Crippen molar-refractivity contribution in [1.29, 1.82) is 0 Å². The molecule has 270 valence electrons. The highest BCUT2D eigenvalue weighted by Crippen LogP contribution is 2.43. The number of fused-ring (bicyclic) bond motifs is 2. The first-order chi connectivity index (χ1) is 24.5. The van der Waals surface area contributed by atoms with Crippen LogP contribution in [0.1, 0.15) is 56.6 Å². The van der Waals surface area contributed by atoms with E-state index in [9.17, 15) is 14.4 Å². The van der Waals surface area contributed by atoms with Gasteiger partial charge in [0.05, 0.1) is 5.69 Å². The molecular weight excluding hydrogens is 646 g/mol. The van der Waals surface area contributed by atoms with Gasteiger partial charge in [0.15, 0.2) is 5.82 Å². The predicted octanol–water partition coefficient (Wildman–Crippen LogP) is 5.21. The zero-order valence-electron chi connectivity index (χ0n) is 30.1. The molecule has 2 aromatic carbocycles. The van der Waals surface area contributed by atoms with E-state index in [2.05, 4.69) is 38.2 Å². The Bertz CT molecular complexity index is 1880. The van der Waals surface area contributed by atoms with Gasteiger partial charge in [0, 0.05) is 61.9 Å². The topological polar surface area (TPSA) is 168 Å². The molecule has 14 heteroatoms. The third-order valence-corrected chi connectivity index (χ3v) is 10.5. The summed E-state index contributed by atoms with van der Waals surface area (Å²) in [5, 5.41) is 14.8. The van der Waals surface area contributed by atoms with Gasteiger partial charge in [-0.2, -0.15) is 10.2 Å². The van der Waals surface area contributed by atoms with Crippen LogP contribution < -0.4 is 21.9 Å². The van der Waals surface area contributed by atoms with Gasteiger partial charge in [0.2, 0.25) is 0 Å². The lowest BCUT2D eigenvalue weighted by Crippen LogP contribution is -2.54. The van der Waals surface area contributed by atoms with Crippen LogP contribution in [0.25, 0.3) is 22.6 Å². The summed E-state index contributed by atoms with van der Waals surface area (Å²) in [5.41, 5.74) is 8.53. The van der Waals surface area contributed by atoms with Crippen molar-refractivity contribution >= 4 is 29.3 Å². The SMILES string of the molecule is CCC1C[C@@H]2C[C@H]1CN2C(=O)Nc1ccc(C)c(-c2ncn(C)n2)c1.Cc1ccc(NC(=O)N2CCCCC2C(=O)NN)cc1-c1ccn(C)n1. The molecule has 2 bridgehead atoms. The lowest BCUT2D eigenvalue weighted by Gasteiger charge is -2.34. The number of carbonyl (C=O) groups is 3. The Balaban J connectivity index is 0.000000176. The molecule has 1 saturated carbocycles. The van der Waals surface area contributed by atoms with E-state index in [0.29, 0.717) is 36.4 Å². The number of nitrogens with one attached hydrogen (secondary N) is 3. The number of rotatable bonds is 6. The van der Waals surface area contributed by atoms with Crippen LogP contribution in [0.4, 0.5) is 21.0 Å². The van der Waals surface area contributed by atoms with E-state index < -0.39 is 6.04 Å². The Hall–Kier alpha value is -5.24. The second kappa shape index (κ2) is 15.3. The number of hydrazine groups is 1. The molecule has 2 saturated heterocycles. The van der Waals surface area contributed by atoms with Gasteiger partial charge < -0.3 is 20.4 Å². The molecule has 1 aliphatic carbocycles. The maximum Gasteiger partial charge on any atom is 0.322 e. The van der Waals surface area contributed by atoms with Crippen LogP contribution in [0.15, 0.2) is 55.0 Å². The molecule has 5 N–H and O–H groups in total. The van der Waals surface area contributed by atoms with Crippen LogP contribution in [-0.4, -0.2) is 77.5 Å². The van der Waals surface area contributed by atoms with Crippen LogP contribution >= 0.6 is 0 Å². The molecule has 2 aromatic heterocycles. The number of aromatic nitrogens is 5. The monoisotopic (exact) mass is 695 g/mol. The Morgan fingerprint density at radius 3 is 2.14 bits per heavy atom. The summed E-state index contributed by atoms with van der Waals surface area (Å²) >= 11 is 0. The van der Waals surface area contributed by atoms with Crippen molar-refractivity contribution in [2.24, 2.45) is 31.8 Å². The van der Waals surface area contributed by atoms with Crippen LogP contribution in [0.3, 0.4) is 0 Å². The normalized spacial score (nSPS) is 20.8. The molecule has 14 nitrogen and oxygen atoms in total. The number of nitrogens with zero attached hydrogens (tertiary/aromatic N) is 7. The molecule has 5 amide bonds. The van der Waals surface area contributed by atoms with Crippen molar-refractivity contribution in [3.8, 4) is 22.6 Å². The van der Waals surface area contributed by atoms with Gasteiger partial charge >= 0.3 is 12.1 Å². The lowest BCUT2D eigenvalue weighted by atomic mass is 9.92. The molecule has 51 heavy (non-hydrogen) atoms. The predicted molar refractivity (Wildman–Crippen MR) is 196 cm³/mol. The van der Waals surface area contributed by atoms with Gasteiger partial charge in [-0.3, -0.25) is 19.6 Å². The van der Waals surface area contributed by atoms with Gasteiger partial charge in [-0.15, -0.1) is 0 Å². The maximum atomic E-state index is 12.7. The van der Waals surface area contributed by atoms with Gasteiger partial charge in [-0.1, -0.05) is 25.5 Å². The number of piperidine rings is 2. The fraction of sp³-hybridized carbons (Fsp3) is 0.459. The first kappa shape index (κ1) is 35.6. The van der Waals surface area contributed by atoms with Crippen LogP contribution in [0.5, 0.6) is 0 Å². The number of hydrogen-bond acceptors (Lipinski definition) is 7. The molecule has 0 radical (unpaired) electrons. The van der Waals surface area contributed by atoms with E-state index in [1.807, 2.05) is 81.5 Å². The molecule has 3 fully saturated rings. The zero-order valence-corrected chi connectivity index (χ0v) is 30.1. The van der Waals surface area contributed by atoms with Gasteiger partial charge in [0.1, 0.15) is 12.4 Å². The summed E-state index contributed by atoms with van der Waals surface area (Å²) in [5.74, 6) is 7.09. The Morgan fingerprint density at radius 2 is 1.55 bits per heavy atom. The van der Waals surface area contributed by atoms with Gasteiger partial charge in [-0.05, 0) is 99.2 Å². The summed E-state index contributed by atoms with van der Waals surface area (Å²) in [6, 6.07) is 13.1. The molecule has 2 aliphatic heterocycles. The molecule has 3 aliphatic rings. The number of likely N-dealkylation sites (tertiary alicyclic amines) is 2. The summed E-state index contributed by atoms with van der Waals surface area (Å²) in [7, 11) is 3.72. The molecule has 0 spiro atoms. The number of benzene rings is 2. The highest BCUT2D eigenvalue weighted by atomic mass is 16.2. The maximum absolute atomic E-state index is 12.7. The molecule has 4 atom stereocenters. The first-order valence-electron chi connectivity index (χ1n) is 17.8. The average molecular weight is 696 g/mol. The number of nitrogens with two attached hydrogens (primary N) is 1. The van der Waals surface area contributed by atoms with Gasteiger partial charge in [0.25, 0.3) is 5.91 Å². The van der Waals surface area contributed by atoms with Crippen molar-refractivity contribution in [3.63, 3.8) is 0 Å². The molecule has 7 rings (SSSR count). The van der Waals surface area contributed by atoms with E-state index in [-0.39, 0.29) is 18.0 Å². The summed E-state index contributed by atoms with van der Waals surface area (Å²) in [4.78, 5) is 45.3. The standard InChI is InChI=1S/C19H25N5O.C18H24N6O2/c1-4-13-7-16-8-14(13)10-24(16)19(25)21-15-6-5-12(2)17(9-15)18-20-11-23(3)22-18;1-12-6-7-13(11-14(12)15-8-10-23(2)22-15)20-18(26)24-9-4-3-5-16(24)17(25)21-19/h5-6,9,11,13-14,16H,4,7-8,10H2,1-3H3,(H,21,25);6-8,10-11,16H,3-5,9,19H2,1-2H3,(H,20,26)(H,21,25)/t13?,14-,16+;/m0./s1. The lowest BCUT2D eigenvalue weighted by molar-refractivity contribution is -0.126. The van der Waals surface area contributed by atoms with E-state index in [0.717, 1.165) is 65.4 Å². The Kier molecular flexibility index (Phi) is 10.7. The molecule has 2 unspecified atom stereocenters. The van der Waals surface area contributed by atoms with Crippen LogP contribution in [0.2, 0.25) is 0 Å². The minimum absolute atomic E-state index is 0.0193. The second-order valence-electron chi connectivity index (χ2n) is 14.0. The van der Waals surface area contributed by atoms with Crippen LogP contribution in [0, 0.1) is 25.7 Å². The number of anilines is 2. The average Bonchev–Trinajstić information content (AvgIpc) is 3.95. The smallest absolute Gasteiger partial charge is 0.321 e. The highest BCUT2D eigenvalue weighted by Gasteiger charge is 2.45. The third kappa shape index (κ3) is 7.90. The largest absolute Gasteiger partial charge is 0.322 e. The highest BCUT2D eigenvalue weighted by molar-refractivity contribution is 5.94. The van der Waals surface area contributed by atoms with E-state index in [4.69, 9.17) is 5.84 Å². The third-order valence-electron chi connectivity index (χ3n) is 10.5. The minimum Gasteiger partial charge on any atom is -0.321 e. The molecule has 4 aromatic rings. The number of carbonyl (C=O) groups excluding carboxylic acids is 3.